The van der Waals surface area contributed by atoms with Crippen molar-refractivity contribution in [3.8, 4) is 11.8 Å². The smallest absolute Gasteiger partial charge is 0.150 e. The summed E-state index contributed by atoms with van der Waals surface area (Å²) < 4.78 is 0. The lowest BCUT2D eigenvalue weighted by atomic mass is 10.0. The minimum absolute atomic E-state index is 0.0205. The maximum absolute atomic E-state index is 10.9. The number of hydrogen-bond donors (Lipinski definition) is 4. The van der Waals surface area contributed by atoms with E-state index in [2.05, 4.69) is 73.6 Å². The van der Waals surface area contributed by atoms with Crippen LogP contribution in [-0.2, 0) is 6.54 Å². The first-order valence-corrected chi connectivity index (χ1v) is 13.4. The molecule has 0 spiro atoms. The highest BCUT2D eigenvalue weighted by Crippen LogP contribution is 2.19. The number of nitrogen functional groups attached to an aromatic ring is 1. The van der Waals surface area contributed by atoms with Gasteiger partial charge in [-0.3, -0.25) is 15.1 Å². The zero-order valence-corrected chi connectivity index (χ0v) is 24.1. The molecule has 0 bridgehead atoms. The zero-order chi connectivity index (χ0) is 29.1. The lowest BCUT2D eigenvalue weighted by molar-refractivity contribution is 0.112. The van der Waals surface area contributed by atoms with E-state index in [1.807, 2.05) is 33.9 Å². The van der Waals surface area contributed by atoms with Gasteiger partial charge in [-0.25, -0.2) is 9.97 Å². The van der Waals surface area contributed by atoms with E-state index >= 15 is 0 Å². The van der Waals surface area contributed by atoms with Gasteiger partial charge in [0, 0.05) is 62.6 Å². The third-order valence-electron chi connectivity index (χ3n) is 6.52. The zero-order valence-electron chi connectivity index (χ0n) is 24.1. The molecular weight excluding hydrogens is 500 g/mol. The van der Waals surface area contributed by atoms with Crippen LogP contribution in [0.25, 0.3) is 0 Å². The van der Waals surface area contributed by atoms with E-state index in [-0.39, 0.29) is 17.6 Å². The van der Waals surface area contributed by atoms with Crippen LogP contribution in [0.3, 0.4) is 0 Å². The van der Waals surface area contributed by atoms with Gasteiger partial charge in [0.05, 0.1) is 5.56 Å². The van der Waals surface area contributed by atoms with Gasteiger partial charge in [0.25, 0.3) is 0 Å². The van der Waals surface area contributed by atoms with E-state index in [0.29, 0.717) is 22.5 Å². The Bertz CT molecular complexity index is 1350. The van der Waals surface area contributed by atoms with Crippen LogP contribution in [0.4, 0.5) is 17.3 Å². The Balaban J connectivity index is 0.000000238. The van der Waals surface area contributed by atoms with Crippen molar-refractivity contribution >= 4 is 29.3 Å². The number of rotatable bonds is 7. The van der Waals surface area contributed by atoms with Crippen LogP contribution >= 0.6 is 0 Å². The Hall–Kier alpha value is -4.26. The maximum Gasteiger partial charge on any atom is 0.150 e. The second kappa shape index (κ2) is 14.8. The molecule has 4 rings (SSSR count). The van der Waals surface area contributed by atoms with Crippen LogP contribution in [-0.4, -0.2) is 78.1 Å². The van der Waals surface area contributed by atoms with Crippen molar-refractivity contribution in [2.24, 2.45) is 0 Å². The minimum Gasteiger partial charge on any atom is -0.388 e. The third-order valence-corrected chi connectivity index (χ3v) is 6.52. The van der Waals surface area contributed by atoms with Crippen molar-refractivity contribution in [2.75, 3.05) is 56.6 Å². The van der Waals surface area contributed by atoms with E-state index in [4.69, 9.17) is 11.1 Å². The summed E-state index contributed by atoms with van der Waals surface area (Å²) in [6, 6.07) is 14.1. The Morgan fingerprint density at radius 2 is 1.82 bits per heavy atom. The van der Waals surface area contributed by atoms with E-state index in [1.165, 1.54) is 43.8 Å². The van der Waals surface area contributed by atoms with Gasteiger partial charge in [-0.05, 0) is 63.1 Å². The molecule has 1 saturated heterocycles. The largest absolute Gasteiger partial charge is 0.388 e. The molecule has 1 aliphatic rings. The SMILES string of the molecule is CNc1ccc(CN2CCN(C)CC2)cc1.Cc1ccc(C=O)cc1C#CC(=N)c1c(N)ncnc1NC(C)C. The van der Waals surface area contributed by atoms with Crippen molar-refractivity contribution in [1.82, 2.24) is 19.8 Å². The number of carbonyl (C=O) groups is 1. The molecule has 0 radical (unpaired) electrons. The second-order valence-corrected chi connectivity index (χ2v) is 10.1. The van der Waals surface area contributed by atoms with E-state index in [1.54, 1.807) is 12.1 Å². The summed E-state index contributed by atoms with van der Waals surface area (Å²) in [6.07, 6.45) is 2.12. The van der Waals surface area contributed by atoms with Crippen molar-refractivity contribution in [3.63, 3.8) is 0 Å². The number of piperazine rings is 1. The first-order valence-electron chi connectivity index (χ1n) is 13.4. The van der Waals surface area contributed by atoms with Gasteiger partial charge in [0.2, 0.25) is 0 Å². The highest BCUT2D eigenvalue weighted by Gasteiger charge is 2.14. The number of aldehydes is 1. The number of nitrogens with two attached hydrogens (primary N) is 1. The first-order chi connectivity index (χ1) is 19.2. The van der Waals surface area contributed by atoms with Crippen LogP contribution in [0.15, 0.2) is 48.8 Å². The summed E-state index contributed by atoms with van der Waals surface area (Å²) in [5.74, 6) is 6.38. The third kappa shape index (κ3) is 8.90. The fraction of sp³-hybridized carbons (Fsp3) is 0.355. The van der Waals surface area contributed by atoms with Crippen LogP contribution in [0.2, 0.25) is 0 Å². The molecular formula is C31H40N8O. The summed E-state index contributed by atoms with van der Waals surface area (Å²) in [5, 5.41) is 14.5. The van der Waals surface area contributed by atoms with Crippen molar-refractivity contribution in [1.29, 1.82) is 5.41 Å². The molecule has 210 valence electrons. The molecule has 5 N–H and O–H groups in total. The van der Waals surface area contributed by atoms with Gasteiger partial charge >= 0.3 is 0 Å². The number of nitrogens with one attached hydrogen (secondary N) is 3. The van der Waals surface area contributed by atoms with E-state index in [0.717, 1.165) is 18.4 Å². The molecule has 0 amide bonds. The molecule has 1 aliphatic heterocycles. The van der Waals surface area contributed by atoms with Gasteiger partial charge in [-0.1, -0.05) is 30.2 Å². The standard InChI is InChI=1S/C18H19N5O.C13H21N3/c1-11(2)23-18-16(17(20)21-10-22-18)15(19)7-6-14-8-13(9-24)5-4-12(14)3;1-14-13-5-3-12(4-6-13)11-16-9-7-15(2)8-10-16/h4-5,8-11,19H,1-3H3,(H3,20,21,22,23);3-6,14H,7-11H2,1-2H3. The molecule has 3 aromatic rings. The fourth-order valence-electron chi connectivity index (χ4n) is 4.11. The number of likely N-dealkylation sites (N-methyl/N-ethyl adjacent to an activating group) is 1. The Morgan fingerprint density at radius 3 is 2.45 bits per heavy atom. The number of nitrogens with zero attached hydrogens (tertiary/aromatic N) is 4. The van der Waals surface area contributed by atoms with Crippen LogP contribution in [0.1, 0.15) is 46.5 Å². The number of carbonyl (C=O) groups excluding carboxylic acids is 1. The second-order valence-electron chi connectivity index (χ2n) is 10.1. The first kappa shape index (κ1) is 30.3. The molecule has 0 saturated carbocycles. The monoisotopic (exact) mass is 540 g/mol. The lowest BCUT2D eigenvalue weighted by Crippen LogP contribution is -2.43. The average Bonchev–Trinajstić information content (AvgIpc) is 2.94. The van der Waals surface area contributed by atoms with Crippen LogP contribution in [0.5, 0.6) is 0 Å². The highest BCUT2D eigenvalue weighted by atomic mass is 16.1. The predicted molar refractivity (Wildman–Crippen MR) is 164 cm³/mol. The van der Waals surface area contributed by atoms with Crippen LogP contribution < -0.4 is 16.4 Å². The summed E-state index contributed by atoms with van der Waals surface area (Å²) in [6.45, 7) is 11.7. The van der Waals surface area contributed by atoms with Crippen molar-refractivity contribution in [3.05, 3.63) is 76.6 Å². The number of aryl methyl sites for hydroxylation is 1. The molecule has 0 unspecified atom stereocenters. The van der Waals surface area contributed by atoms with Gasteiger partial charge in [-0.15, -0.1) is 0 Å². The topological polar surface area (TPSA) is 123 Å². The van der Waals surface area contributed by atoms with E-state index in [9.17, 15) is 4.79 Å². The number of benzene rings is 2. The molecule has 9 heteroatoms. The fourth-order valence-corrected chi connectivity index (χ4v) is 4.11. The molecule has 2 aromatic carbocycles. The van der Waals surface area contributed by atoms with Crippen molar-refractivity contribution < 1.29 is 4.79 Å². The van der Waals surface area contributed by atoms with Gasteiger partial charge in [0.1, 0.15) is 30.0 Å². The summed E-state index contributed by atoms with van der Waals surface area (Å²) in [7, 11) is 4.15. The predicted octanol–water partition coefficient (Wildman–Crippen LogP) is 3.90. The van der Waals surface area contributed by atoms with Gasteiger partial charge in [-0.2, -0.15) is 0 Å². The summed E-state index contributed by atoms with van der Waals surface area (Å²) >= 11 is 0. The molecule has 1 fully saturated rings. The number of aromatic nitrogens is 2. The molecule has 9 nitrogen and oxygen atoms in total. The summed E-state index contributed by atoms with van der Waals surface area (Å²) in [5.41, 5.74) is 11.0. The normalized spacial score (nSPS) is 13.4. The highest BCUT2D eigenvalue weighted by molar-refractivity contribution is 6.16. The molecule has 0 atom stereocenters. The molecule has 0 aliphatic carbocycles. The van der Waals surface area contributed by atoms with Crippen molar-refractivity contribution in [2.45, 2.75) is 33.4 Å². The van der Waals surface area contributed by atoms with Crippen LogP contribution in [0, 0.1) is 24.2 Å². The molecule has 2 heterocycles. The maximum atomic E-state index is 10.9. The molecule has 40 heavy (non-hydrogen) atoms. The summed E-state index contributed by atoms with van der Waals surface area (Å²) in [4.78, 5) is 23.9. The Kier molecular flexibility index (Phi) is 11.2. The molecule has 1 aromatic heterocycles. The van der Waals surface area contributed by atoms with Gasteiger partial charge in [0.15, 0.2) is 0 Å². The average molecular weight is 541 g/mol. The minimum atomic E-state index is 0.0205. The lowest BCUT2D eigenvalue weighted by Gasteiger charge is -2.32. The number of hydrogen-bond acceptors (Lipinski definition) is 9. The Morgan fingerprint density at radius 1 is 1.12 bits per heavy atom. The quantitative estimate of drug-likeness (QED) is 0.202. The Labute approximate surface area is 237 Å². The van der Waals surface area contributed by atoms with Gasteiger partial charge < -0.3 is 21.3 Å². The number of anilines is 3. The van der Waals surface area contributed by atoms with E-state index < -0.39 is 0 Å².